The molecule has 4 heterocycles. The number of benzene rings is 9. The van der Waals surface area contributed by atoms with Gasteiger partial charge in [0.05, 0.1) is 39.1 Å². The first kappa shape index (κ1) is 39.1. The predicted molar refractivity (Wildman–Crippen MR) is 277 cm³/mol. The Morgan fingerprint density at radius 3 is 1.29 bits per heavy atom. The van der Waals surface area contributed by atoms with Crippen LogP contribution in [0.2, 0.25) is 0 Å². The molecule has 13 aromatic rings. The third-order valence-electron chi connectivity index (χ3n) is 12.8. The van der Waals surface area contributed by atoms with Crippen LogP contribution >= 0.6 is 0 Å². The van der Waals surface area contributed by atoms with Crippen molar-refractivity contribution in [1.29, 1.82) is 0 Å². The Kier molecular flexibility index (Phi) is 9.35. The fourth-order valence-electron chi connectivity index (χ4n) is 9.60. The van der Waals surface area contributed by atoms with Crippen molar-refractivity contribution in [2.45, 2.75) is 0 Å². The average molecular weight is 870 g/mol. The minimum absolute atomic E-state index is 0.546. The van der Waals surface area contributed by atoms with Crippen LogP contribution < -0.4 is 0 Å². The molecule has 4 aromatic heterocycles. The molecule has 0 aliphatic rings. The van der Waals surface area contributed by atoms with Gasteiger partial charge in [-0.2, -0.15) is 9.97 Å². The van der Waals surface area contributed by atoms with Crippen LogP contribution in [0.15, 0.2) is 237 Å². The number of fused-ring (bicyclic) bond motifs is 6. The molecule has 318 valence electrons. The first-order valence-electron chi connectivity index (χ1n) is 22.8. The third kappa shape index (κ3) is 6.72. The molecule has 0 unspecified atom stereocenters. The van der Waals surface area contributed by atoms with Gasteiger partial charge in [0.15, 0.2) is 17.5 Å². The Morgan fingerprint density at radius 2 is 0.676 bits per heavy atom. The zero-order chi connectivity index (χ0) is 45.0. The molecule has 7 heteroatoms. The fraction of sp³-hybridized carbons (Fsp3) is 0. The summed E-state index contributed by atoms with van der Waals surface area (Å²) < 4.78 is 4.59. The summed E-state index contributed by atoms with van der Waals surface area (Å²) >= 11 is 0. The third-order valence-corrected chi connectivity index (χ3v) is 12.8. The monoisotopic (exact) mass is 869 g/mol. The van der Waals surface area contributed by atoms with Gasteiger partial charge >= 0.3 is 0 Å². The van der Waals surface area contributed by atoms with E-state index in [1.54, 1.807) is 0 Å². The molecule has 0 fully saturated rings. The highest BCUT2D eigenvalue weighted by molar-refractivity contribution is 6.19. The zero-order valence-corrected chi connectivity index (χ0v) is 36.6. The van der Waals surface area contributed by atoms with Crippen molar-refractivity contribution in [2.75, 3.05) is 0 Å². The van der Waals surface area contributed by atoms with Gasteiger partial charge in [0, 0.05) is 49.4 Å². The van der Waals surface area contributed by atoms with E-state index in [4.69, 9.17) is 24.9 Å². The van der Waals surface area contributed by atoms with Crippen molar-refractivity contribution in [3.63, 3.8) is 0 Å². The Labute approximate surface area is 392 Å². The standard InChI is InChI=1S/C61H39N7/c1-5-19-40(20-6-1)41-33-35-45(36-34-41)58-62-51(42-21-7-2-8-22-42)38-52(63-58)48-29-15-18-32-55(48)67-53-30-16-13-27-46(53)49-37-50-47-28-14-17-31-54(47)68(57(50)39-56(49)67)61-65-59(43-23-9-3-10-24-43)64-60(66-61)44-25-11-4-12-26-44/h1-39H. The summed E-state index contributed by atoms with van der Waals surface area (Å²) in [4.78, 5) is 26.1. The second-order valence-corrected chi connectivity index (χ2v) is 16.9. The molecule has 0 aliphatic carbocycles. The van der Waals surface area contributed by atoms with Crippen LogP contribution in [0.25, 0.3) is 123 Å². The second kappa shape index (κ2) is 16.3. The lowest BCUT2D eigenvalue weighted by Gasteiger charge is -2.16. The summed E-state index contributed by atoms with van der Waals surface area (Å²) in [7, 11) is 0. The minimum Gasteiger partial charge on any atom is -0.308 e. The van der Waals surface area contributed by atoms with Crippen LogP contribution in [0, 0.1) is 0 Å². The molecule has 0 atom stereocenters. The highest BCUT2D eigenvalue weighted by Gasteiger charge is 2.23. The molecule has 0 bridgehead atoms. The first-order chi connectivity index (χ1) is 33.7. The minimum atomic E-state index is 0.546. The van der Waals surface area contributed by atoms with Crippen LogP contribution in [-0.2, 0) is 0 Å². The molecule has 13 rings (SSSR count). The van der Waals surface area contributed by atoms with E-state index >= 15 is 0 Å². The van der Waals surface area contributed by atoms with E-state index in [0.29, 0.717) is 23.4 Å². The first-order valence-corrected chi connectivity index (χ1v) is 22.8. The van der Waals surface area contributed by atoms with E-state index in [1.165, 1.54) is 5.56 Å². The molecule has 0 spiro atoms. The molecule has 0 amide bonds. The van der Waals surface area contributed by atoms with Gasteiger partial charge in [-0.3, -0.25) is 4.57 Å². The Bertz CT molecular complexity index is 3940. The van der Waals surface area contributed by atoms with Crippen molar-refractivity contribution in [2.24, 2.45) is 0 Å². The predicted octanol–water partition coefficient (Wildman–Crippen LogP) is 14.9. The lowest BCUT2D eigenvalue weighted by molar-refractivity contribution is 0.953. The summed E-state index contributed by atoms with van der Waals surface area (Å²) in [6.07, 6.45) is 0. The van der Waals surface area contributed by atoms with Crippen LogP contribution in [0.1, 0.15) is 0 Å². The number of rotatable bonds is 8. The van der Waals surface area contributed by atoms with E-state index in [0.717, 1.165) is 94.1 Å². The van der Waals surface area contributed by atoms with E-state index in [2.05, 4.69) is 173 Å². The maximum Gasteiger partial charge on any atom is 0.238 e. The van der Waals surface area contributed by atoms with Gasteiger partial charge in [0.2, 0.25) is 5.95 Å². The molecular formula is C61H39N7. The van der Waals surface area contributed by atoms with Gasteiger partial charge in [-0.15, -0.1) is 0 Å². The lowest BCUT2D eigenvalue weighted by Crippen LogP contribution is -2.06. The van der Waals surface area contributed by atoms with Crippen molar-refractivity contribution < 1.29 is 0 Å². The highest BCUT2D eigenvalue weighted by atomic mass is 15.2. The molecule has 0 saturated heterocycles. The molecule has 0 aliphatic heterocycles. The molecular weight excluding hydrogens is 831 g/mol. The van der Waals surface area contributed by atoms with E-state index in [9.17, 15) is 0 Å². The summed E-state index contributed by atoms with van der Waals surface area (Å²) in [5.74, 6) is 2.42. The number of aromatic nitrogens is 7. The fourth-order valence-corrected chi connectivity index (χ4v) is 9.60. The Morgan fingerprint density at radius 1 is 0.250 bits per heavy atom. The van der Waals surface area contributed by atoms with Crippen molar-refractivity contribution >= 4 is 43.6 Å². The molecule has 7 nitrogen and oxygen atoms in total. The smallest absolute Gasteiger partial charge is 0.238 e. The van der Waals surface area contributed by atoms with Crippen molar-refractivity contribution in [1.82, 2.24) is 34.1 Å². The number of hydrogen-bond donors (Lipinski definition) is 0. The highest BCUT2D eigenvalue weighted by Crippen LogP contribution is 2.42. The van der Waals surface area contributed by atoms with Crippen molar-refractivity contribution in [3.05, 3.63) is 237 Å². The average Bonchev–Trinajstić information content (AvgIpc) is 3.92. The van der Waals surface area contributed by atoms with Gasteiger partial charge < -0.3 is 4.57 Å². The van der Waals surface area contributed by atoms with Crippen LogP contribution in [0.4, 0.5) is 0 Å². The van der Waals surface area contributed by atoms with Crippen molar-refractivity contribution in [3.8, 4) is 79.4 Å². The number of hydrogen-bond acceptors (Lipinski definition) is 5. The van der Waals surface area contributed by atoms with Crippen LogP contribution in [0.5, 0.6) is 0 Å². The largest absolute Gasteiger partial charge is 0.308 e. The topological polar surface area (TPSA) is 74.3 Å². The van der Waals surface area contributed by atoms with Crippen LogP contribution in [-0.4, -0.2) is 34.1 Å². The second-order valence-electron chi connectivity index (χ2n) is 16.9. The van der Waals surface area contributed by atoms with Gasteiger partial charge in [0.1, 0.15) is 0 Å². The van der Waals surface area contributed by atoms with Gasteiger partial charge in [-0.25, -0.2) is 15.0 Å². The van der Waals surface area contributed by atoms with Gasteiger partial charge in [-0.1, -0.05) is 200 Å². The SMILES string of the molecule is c1ccc(-c2ccc(-c3nc(-c4ccccc4)cc(-c4ccccc4-n4c5ccccc5c5cc6c7ccccc7n(-c7nc(-c8ccccc8)nc(-c8ccccc8)n7)c6cc54)n3)cc2)cc1. The summed E-state index contributed by atoms with van der Waals surface area (Å²) in [5.41, 5.74) is 13.9. The van der Waals surface area contributed by atoms with Gasteiger partial charge in [0.25, 0.3) is 0 Å². The summed E-state index contributed by atoms with van der Waals surface area (Å²) in [6, 6.07) is 82.2. The maximum absolute atomic E-state index is 5.38. The summed E-state index contributed by atoms with van der Waals surface area (Å²) in [5, 5.41) is 4.52. The quantitative estimate of drug-likeness (QED) is 0.152. The normalized spacial score (nSPS) is 11.5. The zero-order valence-electron chi connectivity index (χ0n) is 36.6. The molecule has 0 N–H and O–H groups in total. The van der Waals surface area contributed by atoms with Crippen LogP contribution in [0.3, 0.4) is 0 Å². The molecule has 0 saturated carbocycles. The lowest BCUT2D eigenvalue weighted by atomic mass is 10.0. The number of nitrogens with zero attached hydrogens (tertiary/aromatic N) is 7. The molecule has 68 heavy (non-hydrogen) atoms. The summed E-state index contributed by atoms with van der Waals surface area (Å²) in [6.45, 7) is 0. The van der Waals surface area contributed by atoms with E-state index in [-0.39, 0.29) is 0 Å². The van der Waals surface area contributed by atoms with E-state index in [1.807, 2.05) is 72.8 Å². The number of para-hydroxylation sites is 3. The maximum atomic E-state index is 5.38. The Hall–Kier alpha value is -9.33. The Balaban J connectivity index is 1.05. The van der Waals surface area contributed by atoms with Gasteiger partial charge in [-0.05, 0) is 47.5 Å². The van der Waals surface area contributed by atoms with E-state index < -0.39 is 0 Å². The molecule has 0 radical (unpaired) electrons. The molecule has 9 aromatic carbocycles.